The molecule has 1 atom stereocenters. The predicted molar refractivity (Wildman–Crippen MR) is 81.8 cm³/mol. The van der Waals surface area contributed by atoms with Gasteiger partial charge in [0.05, 0.1) is 13.1 Å². The average Bonchev–Trinajstić information content (AvgIpc) is 2.46. The standard InChI is InChI=1S/C16H23N3O2/c1-13(7-8-14-5-3-2-4-6-14)18-16(21)12-19-10-9-17-15(20)11-19/h2-6,13H,7-12H2,1H3,(H,17,20)(H,18,21)/t13-/m1/s1. The molecule has 1 saturated heterocycles. The van der Waals surface area contributed by atoms with E-state index in [9.17, 15) is 9.59 Å². The van der Waals surface area contributed by atoms with Crippen molar-refractivity contribution in [2.75, 3.05) is 26.2 Å². The van der Waals surface area contributed by atoms with E-state index in [2.05, 4.69) is 22.8 Å². The van der Waals surface area contributed by atoms with Crippen molar-refractivity contribution in [1.29, 1.82) is 0 Å². The van der Waals surface area contributed by atoms with Gasteiger partial charge in [0, 0.05) is 19.1 Å². The van der Waals surface area contributed by atoms with Gasteiger partial charge in [0.1, 0.15) is 0 Å². The first-order valence-electron chi connectivity index (χ1n) is 7.46. The molecular weight excluding hydrogens is 266 g/mol. The maximum Gasteiger partial charge on any atom is 0.234 e. The Morgan fingerprint density at radius 2 is 2.14 bits per heavy atom. The summed E-state index contributed by atoms with van der Waals surface area (Å²) >= 11 is 0. The summed E-state index contributed by atoms with van der Waals surface area (Å²) in [6.07, 6.45) is 1.87. The lowest BCUT2D eigenvalue weighted by Gasteiger charge is -2.26. The van der Waals surface area contributed by atoms with E-state index in [0.717, 1.165) is 19.4 Å². The third kappa shape index (κ3) is 5.55. The first kappa shape index (κ1) is 15.5. The van der Waals surface area contributed by atoms with Crippen molar-refractivity contribution < 1.29 is 9.59 Å². The lowest BCUT2D eigenvalue weighted by atomic mass is 10.1. The van der Waals surface area contributed by atoms with Crippen molar-refractivity contribution in [3.63, 3.8) is 0 Å². The summed E-state index contributed by atoms with van der Waals surface area (Å²) in [4.78, 5) is 25.1. The Kier molecular flexibility index (Phi) is 5.75. The van der Waals surface area contributed by atoms with Crippen LogP contribution in [0.4, 0.5) is 0 Å². The zero-order valence-corrected chi connectivity index (χ0v) is 12.5. The highest BCUT2D eigenvalue weighted by Crippen LogP contribution is 2.04. The minimum atomic E-state index is -0.00902. The normalized spacial score (nSPS) is 17.1. The van der Waals surface area contributed by atoms with E-state index in [-0.39, 0.29) is 17.9 Å². The first-order valence-corrected chi connectivity index (χ1v) is 7.46. The molecule has 0 aliphatic carbocycles. The fourth-order valence-corrected chi connectivity index (χ4v) is 2.45. The number of nitrogens with one attached hydrogen (secondary N) is 2. The number of rotatable bonds is 6. The van der Waals surface area contributed by atoms with Gasteiger partial charge in [-0.15, -0.1) is 0 Å². The summed E-state index contributed by atoms with van der Waals surface area (Å²) < 4.78 is 0. The largest absolute Gasteiger partial charge is 0.354 e. The molecule has 1 aromatic rings. The smallest absolute Gasteiger partial charge is 0.234 e. The van der Waals surface area contributed by atoms with Gasteiger partial charge >= 0.3 is 0 Å². The molecule has 1 heterocycles. The Morgan fingerprint density at radius 1 is 1.38 bits per heavy atom. The van der Waals surface area contributed by atoms with Crippen molar-refractivity contribution in [2.24, 2.45) is 0 Å². The Morgan fingerprint density at radius 3 is 2.86 bits per heavy atom. The number of aryl methyl sites for hydroxylation is 1. The van der Waals surface area contributed by atoms with Gasteiger partial charge in [-0.3, -0.25) is 14.5 Å². The van der Waals surface area contributed by atoms with Crippen molar-refractivity contribution in [3.05, 3.63) is 35.9 Å². The molecular formula is C16H23N3O2. The summed E-state index contributed by atoms with van der Waals surface area (Å²) in [6.45, 7) is 3.98. The van der Waals surface area contributed by atoms with Crippen LogP contribution in [0.5, 0.6) is 0 Å². The fraction of sp³-hybridized carbons (Fsp3) is 0.500. The van der Waals surface area contributed by atoms with Crippen molar-refractivity contribution in [3.8, 4) is 0 Å². The van der Waals surface area contributed by atoms with Gasteiger partial charge in [0.25, 0.3) is 0 Å². The quantitative estimate of drug-likeness (QED) is 0.804. The summed E-state index contributed by atoms with van der Waals surface area (Å²) in [5, 5.41) is 5.75. The molecule has 1 fully saturated rings. The van der Waals surface area contributed by atoms with Gasteiger partial charge in [-0.05, 0) is 25.3 Å². The van der Waals surface area contributed by atoms with E-state index in [0.29, 0.717) is 19.6 Å². The molecule has 1 aliphatic heterocycles. The van der Waals surface area contributed by atoms with Gasteiger partial charge in [0.2, 0.25) is 11.8 Å². The number of carbonyl (C=O) groups excluding carboxylic acids is 2. The molecule has 0 saturated carbocycles. The highest BCUT2D eigenvalue weighted by molar-refractivity contribution is 5.81. The predicted octanol–water partition coefficient (Wildman–Crippen LogP) is 0.556. The molecule has 0 unspecified atom stereocenters. The molecule has 21 heavy (non-hydrogen) atoms. The summed E-state index contributed by atoms with van der Waals surface area (Å²) in [7, 11) is 0. The first-order chi connectivity index (χ1) is 10.1. The van der Waals surface area contributed by atoms with Crippen molar-refractivity contribution in [1.82, 2.24) is 15.5 Å². The summed E-state index contributed by atoms with van der Waals surface area (Å²) in [6, 6.07) is 10.4. The molecule has 1 aromatic carbocycles. The molecule has 0 aromatic heterocycles. The minimum Gasteiger partial charge on any atom is -0.354 e. The number of nitrogens with zero attached hydrogens (tertiary/aromatic N) is 1. The van der Waals surface area contributed by atoms with Crippen LogP contribution >= 0.6 is 0 Å². The average molecular weight is 289 g/mol. The second-order valence-electron chi connectivity index (χ2n) is 5.55. The number of hydrogen-bond acceptors (Lipinski definition) is 3. The molecule has 2 N–H and O–H groups in total. The third-order valence-corrected chi connectivity index (χ3v) is 3.60. The van der Waals surface area contributed by atoms with E-state index < -0.39 is 0 Å². The van der Waals surface area contributed by atoms with E-state index in [1.54, 1.807) is 0 Å². The highest BCUT2D eigenvalue weighted by Gasteiger charge is 2.19. The van der Waals surface area contributed by atoms with Crippen LogP contribution in [-0.2, 0) is 16.0 Å². The Balaban J connectivity index is 1.68. The Hall–Kier alpha value is -1.88. The van der Waals surface area contributed by atoms with Gasteiger partial charge in [-0.1, -0.05) is 30.3 Å². The molecule has 5 heteroatoms. The fourth-order valence-electron chi connectivity index (χ4n) is 2.45. The maximum atomic E-state index is 12.0. The number of hydrogen-bond donors (Lipinski definition) is 2. The SMILES string of the molecule is C[C@H](CCc1ccccc1)NC(=O)CN1CCNC(=O)C1. The minimum absolute atomic E-state index is 0.00817. The van der Waals surface area contributed by atoms with Gasteiger partial charge in [0.15, 0.2) is 0 Å². The molecule has 114 valence electrons. The van der Waals surface area contributed by atoms with Crippen LogP contribution in [0.2, 0.25) is 0 Å². The van der Waals surface area contributed by atoms with Crippen LogP contribution in [0.1, 0.15) is 18.9 Å². The summed E-state index contributed by atoms with van der Waals surface area (Å²) in [5.41, 5.74) is 1.28. The molecule has 0 bridgehead atoms. The third-order valence-electron chi connectivity index (χ3n) is 3.60. The van der Waals surface area contributed by atoms with Crippen LogP contribution in [-0.4, -0.2) is 48.9 Å². The molecule has 0 radical (unpaired) electrons. The molecule has 0 spiro atoms. The lowest BCUT2D eigenvalue weighted by molar-refractivity contribution is -0.127. The van der Waals surface area contributed by atoms with Crippen LogP contribution in [0, 0.1) is 0 Å². The van der Waals surface area contributed by atoms with Gasteiger partial charge < -0.3 is 10.6 Å². The maximum absolute atomic E-state index is 12.0. The second kappa shape index (κ2) is 7.78. The van der Waals surface area contributed by atoms with E-state index in [1.807, 2.05) is 30.0 Å². The Bertz CT molecular complexity index is 476. The van der Waals surface area contributed by atoms with E-state index in [1.165, 1.54) is 5.56 Å². The van der Waals surface area contributed by atoms with Crippen LogP contribution < -0.4 is 10.6 Å². The number of benzene rings is 1. The molecule has 2 rings (SSSR count). The highest BCUT2D eigenvalue weighted by atomic mass is 16.2. The van der Waals surface area contributed by atoms with Gasteiger partial charge in [-0.2, -0.15) is 0 Å². The van der Waals surface area contributed by atoms with Crippen LogP contribution in [0.25, 0.3) is 0 Å². The van der Waals surface area contributed by atoms with Gasteiger partial charge in [-0.25, -0.2) is 0 Å². The number of carbonyl (C=O) groups is 2. The van der Waals surface area contributed by atoms with Crippen molar-refractivity contribution in [2.45, 2.75) is 25.8 Å². The zero-order valence-electron chi connectivity index (χ0n) is 12.5. The Labute approximate surface area is 125 Å². The van der Waals surface area contributed by atoms with Crippen LogP contribution in [0.15, 0.2) is 30.3 Å². The number of piperazine rings is 1. The van der Waals surface area contributed by atoms with Crippen LogP contribution in [0.3, 0.4) is 0 Å². The molecule has 5 nitrogen and oxygen atoms in total. The monoisotopic (exact) mass is 289 g/mol. The molecule has 1 aliphatic rings. The van der Waals surface area contributed by atoms with Crippen molar-refractivity contribution >= 4 is 11.8 Å². The lowest BCUT2D eigenvalue weighted by Crippen LogP contribution is -2.51. The van der Waals surface area contributed by atoms with E-state index >= 15 is 0 Å². The zero-order chi connectivity index (χ0) is 15.1. The second-order valence-corrected chi connectivity index (χ2v) is 5.55. The summed E-state index contributed by atoms with van der Waals surface area (Å²) in [5.74, 6) is -0.0172. The number of amides is 2. The molecule has 2 amide bonds. The topological polar surface area (TPSA) is 61.4 Å². The van der Waals surface area contributed by atoms with E-state index in [4.69, 9.17) is 0 Å².